The van der Waals surface area contributed by atoms with E-state index in [-0.39, 0.29) is 42.5 Å². The van der Waals surface area contributed by atoms with Crippen molar-refractivity contribution in [2.75, 3.05) is 0 Å². The Morgan fingerprint density at radius 1 is 0.522 bits per heavy atom. The Balaban J connectivity index is -0.0000000675. The topological polar surface area (TPSA) is 0 Å². The second kappa shape index (κ2) is 33.2. The predicted molar refractivity (Wildman–Crippen MR) is 223 cm³/mol. The molecule has 1 aliphatic rings. The van der Waals surface area contributed by atoms with Gasteiger partial charge in [0.1, 0.15) is 0 Å². The molecule has 0 bridgehead atoms. The van der Waals surface area contributed by atoms with Crippen molar-refractivity contribution in [1.82, 2.24) is 0 Å². The van der Waals surface area contributed by atoms with Gasteiger partial charge in [0, 0.05) is 46.8 Å². The quantitative estimate of drug-likeness (QED) is 0.267. The Bertz CT molecular complexity index is 865. The first-order chi connectivity index (χ1) is 18.6. The number of rotatable bonds is 4. The van der Waals surface area contributed by atoms with Gasteiger partial charge >= 0.3 is 0 Å². The largest absolute Gasteiger partial charge is 0.103 e. The zero-order chi connectivity index (χ0) is 33.0. The van der Waals surface area contributed by atoms with Gasteiger partial charge in [-0.05, 0) is 50.4 Å². The summed E-state index contributed by atoms with van der Waals surface area (Å²) in [5, 5.41) is 0. The predicted octanol–water partition coefficient (Wildman–Crippen LogP) is 15.2. The summed E-state index contributed by atoms with van der Waals surface area (Å²) in [5.74, 6) is 31.3. The lowest BCUT2D eigenvalue weighted by atomic mass is 9.82. The van der Waals surface area contributed by atoms with Crippen molar-refractivity contribution in [3.8, 4) is 47.4 Å². The molecule has 0 nitrogen and oxygen atoms in total. The molecule has 1 unspecified atom stereocenters. The molecule has 0 heterocycles. The van der Waals surface area contributed by atoms with E-state index in [9.17, 15) is 0 Å². The summed E-state index contributed by atoms with van der Waals surface area (Å²) < 4.78 is 0. The van der Waals surface area contributed by atoms with Gasteiger partial charge in [-0.25, -0.2) is 0 Å². The van der Waals surface area contributed by atoms with Crippen molar-refractivity contribution >= 4 is 0 Å². The molecule has 1 rings (SSSR count). The van der Waals surface area contributed by atoms with Crippen LogP contribution in [0, 0.1) is 111 Å². The highest BCUT2D eigenvalue weighted by Crippen LogP contribution is 2.51. The number of hydrogen-bond donors (Lipinski definition) is 0. The van der Waals surface area contributed by atoms with Crippen LogP contribution in [0.1, 0.15) is 188 Å². The van der Waals surface area contributed by atoms with Crippen LogP contribution in [0.3, 0.4) is 0 Å². The summed E-state index contributed by atoms with van der Waals surface area (Å²) in [5.41, 5.74) is 0.592. The van der Waals surface area contributed by atoms with Crippen LogP contribution in [0.5, 0.6) is 0 Å². The van der Waals surface area contributed by atoms with E-state index in [1.807, 2.05) is 0 Å². The molecular weight excluding hydrogens is 553 g/mol. The second-order valence-corrected chi connectivity index (χ2v) is 15.1. The van der Waals surface area contributed by atoms with Crippen molar-refractivity contribution in [3.63, 3.8) is 0 Å². The van der Waals surface area contributed by atoms with Crippen LogP contribution in [0.2, 0.25) is 0 Å². The molecule has 0 N–H and O–H groups in total. The molecule has 46 heavy (non-hydrogen) atoms. The van der Waals surface area contributed by atoms with Crippen LogP contribution < -0.4 is 0 Å². The van der Waals surface area contributed by atoms with Crippen LogP contribution in [0.15, 0.2) is 0 Å². The van der Waals surface area contributed by atoms with Crippen molar-refractivity contribution in [2.45, 2.75) is 188 Å². The minimum Gasteiger partial charge on any atom is -0.103 e. The third-order valence-electron chi connectivity index (χ3n) is 7.13. The smallest absolute Gasteiger partial charge is 0.0338 e. The summed E-state index contributed by atoms with van der Waals surface area (Å²) in [6.07, 6.45) is 3.69. The summed E-state index contributed by atoms with van der Waals surface area (Å²) in [6, 6.07) is 0. The van der Waals surface area contributed by atoms with Gasteiger partial charge in [-0.2, -0.15) is 0 Å². The Morgan fingerprint density at radius 3 is 1.17 bits per heavy atom. The Labute approximate surface area is 298 Å². The molecule has 0 aliphatic heterocycles. The highest BCUT2D eigenvalue weighted by molar-refractivity contribution is 5.21. The fourth-order valence-electron chi connectivity index (χ4n) is 2.68. The third kappa shape index (κ3) is 40.3. The maximum absolute atomic E-state index is 3.42. The van der Waals surface area contributed by atoms with Gasteiger partial charge in [0.2, 0.25) is 0 Å². The van der Waals surface area contributed by atoms with E-state index < -0.39 is 0 Å². The lowest BCUT2D eigenvalue weighted by Crippen LogP contribution is -2.16. The van der Waals surface area contributed by atoms with Crippen LogP contribution in [-0.4, -0.2) is 0 Å². The Morgan fingerprint density at radius 2 is 0.913 bits per heavy atom. The molecule has 0 aromatic rings. The van der Waals surface area contributed by atoms with Gasteiger partial charge in [0.15, 0.2) is 0 Å². The van der Waals surface area contributed by atoms with E-state index in [1.54, 1.807) is 0 Å². The average Bonchev–Trinajstić information content (AvgIpc) is 3.62. The molecule has 0 aromatic heterocycles. The van der Waals surface area contributed by atoms with Gasteiger partial charge in [-0.15, -0.1) is 17.8 Å². The van der Waals surface area contributed by atoms with Crippen LogP contribution in [-0.2, 0) is 0 Å². The highest BCUT2D eigenvalue weighted by Gasteiger charge is 2.43. The molecule has 0 amide bonds. The van der Waals surface area contributed by atoms with Gasteiger partial charge < -0.3 is 0 Å². The van der Waals surface area contributed by atoms with Crippen molar-refractivity contribution in [1.29, 1.82) is 0 Å². The molecule has 1 fully saturated rings. The molecule has 1 atom stereocenters. The maximum atomic E-state index is 3.42. The summed E-state index contributed by atoms with van der Waals surface area (Å²) >= 11 is 0. The fraction of sp³-hybridized carbons (Fsp3) is 0.826. The van der Waals surface area contributed by atoms with E-state index in [0.717, 1.165) is 18.3 Å². The molecule has 1 aliphatic carbocycles. The van der Waals surface area contributed by atoms with Gasteiger partial charge in [-0.1, -0.05) is 184 Å². The normalized spacial score (nSPS) is 12.2. The lowest BCUT2D eigenvalue weighted by molar-refractivity contribution is 0.349. The number of hydrogen-bond acceptors (Lipinski definition) is 0. The first-order valence-corrected chi connectivity index (χ1v) is 16.6. The van der Waals surface area contributed by atoms with Crippen molar-refractivity contribution < 1.29 is 0 Å². The van der Waals surface area contributed by atoms with E-state index in [1.165, 1.54) is 12.8 Å². The van der Waals surface area contributed by atoms with Gasteiger partial charge in [0.05, 0.1) is 0 Å². The standard InChI is InChI=1S/C11H18.C11H20.C10H18.C9H16.5CH4/c1-9(2)5-6-11(7-8-11)10(3)4;1-9(2)7-8-11(5,6)10(3)4;1-8(2)6-7-10(5)9(3)4;1-8(2)6-5-7-9(3)4;;;;;/h9-10H,7-8H2,1-4H3;9-10H,1-6H3;8-10H,1-5H3;8-9H,6H2,1-4H3;5*1H4. The summed E-state index contributed by atoms with van der Waals surface area (Å²) in [6.45, 7) is 41.4. The molecule has 0 aromatic carbocycles. The zero-order valence-electron chi connectivity index (χ0n) is 31.3. The minimum absolute atomic E-state index is 0. The Kier molecular flexibility index (Phi) is 45.4. The average molecular weight is 645 g/mol. The van der Waals surface area contributed by atoms with Crippen LogP contribution in [0.25, 0.3) is 0 Å². The molecule has 0 saturated heterocycles. The molecule has 0 heteroatoms. The summed E-state index contributed by atoms with van der Waals surface area (Å²) in [7, 11) is 0. The molecule has 276 valence electrons. The molecule has 1 saturated carbocycles. The van der Waals surface area contributed by atoms with Crippen molar-refractivity contribution in [2.24, 2.45) is 64.1 Å². The third-order valence-corrected chi connectivity index (χ3v) is 7.13. The first kappa shape index (κ1) is 63.0. The summed E-state index contributed by atoms with van der Waals surface area (Å²) in [4.78, 5) is 0. The van der Waals surface area contributed by atoms with E-state index in [0.29, 0.717) is 46.8 Å². The lowest BCUT2D eigenvalue weighted by Gasteiger charge is -2.22. The minimum atomic E-state index is 0. The highest BCUT2D eigenvalue weighted by atomic mass is 14.5. The zero-order valence-corrected chi connectivity index (χ0v) is 31.3. The van der Waals surface area contributed by atoms with E-state index in [2.05, 4.69) is 179 Å². The van der Waals surface area contributed by atoms with Gasteiger partial charge in [0.25, 0.3) is 0 Å². The van der Waals surface area contributed by atoms with Gasteiger partial charge in [-0.3, -0.25) is 0 Å². The molecule has 0 radical (unpaired) electrons. The van der Waals surface area contributed by atoms with E-state index >= 15 is 0 Å². The fourth-order valence-corrected chi connectivity index (χ4v) is 2.68. The maximum Gasteiger partial charge on any atom is 0.0338 e. The monoisotopic (exact) mass is 645 g/mol. The van der Waals surface area contributed by atoms with Crippen LogP contribution in [0.4, 0.5) is 0 Å². The van der Waals surface area contributed by atoms with E-state index in [4.69, 9.17) is 0 Å². The molecular formula is C46H92. The Hall–Kier alpha value is -1.76. The molecule has 0 spiro atoms. The van der Waals surface area contributed by atoms with Crippen LogP contribution >= 0.6 is 0 Å². The SMILES string of the molecule is C.C.C.C.C.CC(C)C#CC(C)(C)C(C)C.CC(C)C#CC(C)C(C)C.CC(C)C#CC1(C(C)C)CC1.CC(C)C#CCC(C)C. The van der Waals surface area contributed by atoms with Crippen molar-refractivity contribution in [3.05, 3.63) is 0 Å². The second-order valence-electron chi connectivity index (χ2n) is 15.1. The first-order valence-electron chi connectivity index (χ1n) is 16.6.